The maximum atomic E-state index is 13.0. The van der Waals surface area contributed by atoms with Crippen LogP contribution in [0.4, 0.5) is 8.78 Å². The van der Waals surface area contributed by atoms with Gasteiger partial charge in [0, 0.05) is 32.2 Å². The first kappa shape index (κ1) is 16.3. The normalized spacial score (nSPS) is 17.9. The van der Waals surface area contributed by atoms with Gasteiger partial charge in [-0.2, -0.15) is 0 Å². The summed E-state index contributed by atoms with van der Waals surface area (Å²) in [7, 11) is 0. The van der Waals surface area contributed by atoms with E-state index in [2.05, 4.69) is 10.2 Å². The second-order valence-electron chi connectivity index (χ2n) is 5.30. The molecule has 0 amide bonds. The maximum absolute atomic E-state index is 13.0. The van der Waals surface area contributed by atoms with Crippen LogP contribution in [0.25, 0.3) is 0 Å². The summed E-state index contributed by atoms with van der Waals surface area (Å²) >= 11 is 0. The quantitative estimate of drug-likeness (QED) is 0.731. The van der Waals surface area contributed by atoms with Crippen molar-refractivity contribution in [3.63, 3.8) is 0 Å². The van der Waals surface area contributed by atoms with Crippen LogP contribution in [0, 0.1) is 11.6 Å². The van der Waals surface area contributed by atoms with Crippen LogP contribution in [0.5, 0.6) is 0 Å². The summed E-state index contributed by atoms with van der Waals surface area (Å²) in [6, 6.07) is 3.52. The Bertz CT molecular complexity index is 419. The summed E-state index contributed by atoms with van der Waals surface area (Å²) in [6.45, 7) is 4.78. The first-order valence-corrected chi connectivity index (χ1v) is 7.27. The fourth-order valence-electron chi connectivity index (χ4n) is 2.40. The van der Waals surface area contributed by atoms with Crippen LogP contribution in [0.2, 0.25) is 0 Å². The van der Waals surface area contributed by atoms with Crippen LogP contribution in [0.15, 0.2) is 18.2 Å². The van der Waals surface area contributed by atoms with Gasteiger partial charge >= 0.3 is 0 Å². The summed E-state index contributed by atoms with van der Waals surface area (Å²) in [5, 5.41) is 13.0. The number of aliphatic hydroxyl groups is 1. The number of ether oxygens (including phenoxy) is 1. The minimum Gasteiger partial charge on any atom is -0.390 e. The van der Waals surface area contributed by atoms with E-state index in [1.54, 1.807) is 0 Å². The molecule has 118 valence electrons. The van der Waals surface area contributed by atoms with Gasteiger partial charge in [0.05, 0.1) is 19.3 Å². The lowest BCUT2D eigenvalue weighted by atomic mass is 10.1. The van der Waals surface area contributed by atoms with E-state index in [0.717, 1.165) is 19.2 Å². The molecule has 4 nitrogen and oxygen atoms in total. The van der Waals surface area contributed by atoms with E-state index in [9.17, 15) is 13.9 Å². The molecule has 0 aromatic heterocycles. The Labute approximate surface area is 123 Å². The Hall–Kier alpha value is -1.08. The van der Waals surface area contributed by atoms with Crippen molar-refractivity contribution in [1.29, 1.82) is 0 Å². The van der Waals surface area contributed by atoms with Gasteiger partial charge in [-0.3, -0.25) is 4.90 Å². The predicted octanol–water partition coefficient (Wildman–Crippen LogP) is 0.790. The van der Waals surface area contributed by atoms with E-state index in [0.29, 0.717) is 44.8 Å². The van der Waals surface area contributed by atoms with Crippen molar-refractivity contribution in [2.45, 2.75) is 12.5 Å². The largest absolute Gasteiger partial charge is 0.390 e. The molecular weight excluding hydrogens is 278 g/mol. The summed E-state index contributed by atoms with van der Waals surface area (Å²) < 4.78 is 31.3. The van der Waals surface area contributed by atoms with Crippen molar-refractivity contribution >= 4 is 0 Å². The van der Waals surface area contributed by atoms with E-state index in [-0.39, 0.29) is 0 Å². The Morgan fingerprint density at radius 2 is 1.86 bits per heavy atom. The molecule has 0 saturated carbocycles. The Balaban J connectivity index is 1.62. The number of hydrogen-bond acceptors (Lipinski definition) is 4. The number of halogens is 2. The third kappa shape index (κ3) is 6.05. The van der Waals surface area contributed by atoms with E-state index in [1.165, 1.54) is 12.1 Å². The van der Waals surface area contributed by atoms with Crippen LogP contribution < -0.4 is 5.32 Å². The fourth-order valence-corrected chi connectivity index (χ4v) is 2.40. The van der Waals surface area contributed by atoms with Crippen LogP contribution in [0.1, 0.15) is 5.56 Å². The molecule has 1 fully saturated rings. The zero-order valence-electron chi connectivity index (χ0n) is 12.0. The second-order valence-corrected chi connectivity index (χ2v) is 5.30. The van der Waals surface area contributed by atoms with Gasteiger partial charge in [-0.1, -0.05) is 0 Å². The van der Waals surface area contributed by atoms with Crippen LogP contribution in [-0.2, 0) is 11.2 Å². The molecule has 1 aliphatic heterocycles. The van der Waals surface area contributed by atoms with Crippen molar-refractivity contribution in [2.24, 2.45) is 0 Å². The minimum atomic E-state index is -0.558. The monoisotopic (exact) mass is 300 g/mol. The zero-order chi connectivity index (χ0) is 15.1. The van der Waals surface area contributed by atoms with Gasteiger partial charge in [0.15, 0.2) is 0 Å². The molecule has 1 unspecified atom stereocenters. The number of rotatable bonds is 7. The standard InChI is InChI=1S/C15H22F2N2O2/c16-13-7-12(8-14(17)9-13)1-2-18-10-15(20)11-19-3-5-21-6-4-19/h7-9,15,18,20H,1-6,10-11H2. The number of benzene rings is 1. The van der Waals surface area contributed by atoms with Gasteiger partial charge < -0.3 is 15.2 Å². The molecule has 0 bridgehead atoms. The summed E-state index contributed by atoms with van der Waals surface area (Å²) in [5.41, 5.74) is 0.614. The maximum Gasteiger partial charge on any atom is 0.126 e. The van der Waals surface area contributed by atoms with Gasteiger partial charge in [-0.05, 0) is 30.7 Å². The van der Waals surface area contributed by atoms with Gasteiger partial charge in [0.2, 0.25) is 0 Å². The van der Waals surface area contributed by atoms with Gasteiger partial charge in [-0.15, -0.1) is 0 Å². The molecule has 0 radical (unpaired) electrons. The summed E-state index contributed by atoms with van der Waals surface area (Å²) in [5.74, 6) is -1.12. The molecule has 21 heavy (non-hydrogen) atoms. The van der Waals surface area contributed by atoms with E-state index in [1.807, 2.05) is 0 Å². The molecular formula is C15H22F2N2O2. The molecule has 1 aromatic rings. The molecule has 1 aromatic carbocycles. The van der Waals surface area contributed by atoms with Crippen molar-refractivity contribution in [2.75, 3.05) is 45.9 Å². The minimum absolute atomic E-state index is 0.452. The summed E-state index contributed by atoms with van der Waals surface area (Å²) in [6.07, 6.45) is 0.0752. The second kappa shape index (κ2) is 8.38. The number of nitrogens with one attached hydrogen (secondary N) is 1. The van der Waals surface area contributed by atoms with E-state index < -0.39 is 17.7 Å². The predicted molar refractivity (Wildman–Crippen MR) is 76.2 cm³/mol. The topological polar surface area (TPSA) is 44.7 Å². The third-order valence-electron chi connectivity index (χ3n) is 3.47. The molecule has 0 aliphatic carbocycles. The Morgan fingerprint density at radius 3 is 2.52 bits per heavy atom. The Kier molecular flexibility index (Phi) is 6.50. The number of morpholine rings is 1. The molecule has 1 heterocycles. The van der Waals surface area contributed by atoms with Crippen molar-refractivity contribution in [3.05, 3.63) is 35.4 Å². The number of hydrogen-bond donors (Lipinski definition) is 2. The average molecular weight is 300 g/mol. The molecule has 0 spiro atoms. The lowest BCUT2D eigenvalue weighted by Crippen LogP contribution is -2.43. The number of aliphatic hydroxyl groups excluding tert-OH is 1. The van der Waals surface area contributed by atoms with E-state index >= 15 is 0 Å². The van der Waals surface area contributed by atoms with Crippen LogP contribution in [-0.4, -0.2) is 62.0 Å². The van der Waals surface area contributed by atoms with Crippen molar-refractivity contribution in [3.8, 4) is 0 Å². The first-order chi connectivity index (χ1) is 10.1. The smallest absolute Gasteiger partial charge is 0.126 e. The highest BCUT2D eigenvalue weighted by molar-refractivity contribution is 5.18. The highest BCUT2D eigenvalue weighted by Gasteiger charge is 2.14. The highest BCUT2D eigenvalue weighted by Crippen LogP contribution is 2.08. The van der Waals surface area contributed by atoms with E-state index in [4.69, 9.17) is 4.74 Å². The van der Waals surface area contributed by atoms with Gasteiger partial charge in [-0.25, -0.2) is 8.78 Å². The molecule has 1 atom stereocenters. The molecule has 1 aliphatic rings. The van der Waals surface area contributed by atoms with Gasteiger partial charge in [0.25, 0.3) is 0 Å². The fraction of sp³-hybridized carbons (Fsp3) is 0.600. The Morgan fingerprint density at radius 1 is 1.19 bits per heavy atom. The highest BCUT2D eigenvalue weighted by atomic mass is 19.1. The van der Waals surface area contributed by atoms with Crippen molar-refractivity contribution in [1.82, 2.24) is 10.2 Å². The number of β-amino-alcohol motifs (C(OH)–C–C–N with tert-alkyl or cyclic N) is 1. The SMILES string of the molecule is OC(CNCCc1cc(F)cc(F)c1)CN1CCOCC1. The lowest BCUT2D eigenvalue weighted by molar-refractivity contribution is 0.0150. The molecule has 2 N–H and O–H groups in total. The first-order valence-electron chi connectivity index (χ1n) is 7.27. The molecule has 1 saturated heterocycles. The summed E-state index contributed by atoms with van der Waals surface area (Å²) in [4.78, 5) is 2.16. The van der Waals surface area contributed by atoms with Crippen molar-refractivity contribution < 1.29 is 18.6 Å². The third-order valence-corrected chi connectivity index (χ3v) is 3.47. The average Bonchev–Trinajstić information content (AvgIpc) is 2.44. The van der Waals surface area contributed by atoms with Crippen LogP contribution >= 0.6 is 0 Å². The lowest BCUT2D eigenvalue weighted by Gasteiger charge is -2.28. The molecule has 2 rings (SSSR count). The number of nitrogens with zero attached hydrogens (tertiary/aromatic N) is 1. The van der Waals surface area contributed by atoms with Gasteiger partial charge in [0.1, 0.15) is 11.6 Å². The van der Waals surface area contributed by atoms with Crippen LogP contribution in [0.3, 0.4) is 0 Å². The zero-order valence-corrected chi connectivity index (χ0v) is 12.0. The molecule has 6 heteroatoms.